The average molecular weight is 773 g/mol. The molecular weight excluding hydrogens is 723 g/mol. The van der Waals surface area contributed by atoms with Crippen LogP contribution in [0.2, 0.25) is 0 Å². The number of nitrogens with zero attached hydrogens (tertiary/aromatic N) is 2. The molecule has 0 radical (unpaired) electrons. The van der Waals surface area contributed by atoms with Gasteiger partial charge in [-0.1, -0.05) is 138 Å². The predicted octanol–water partition coefficient (Wildman–Crippen LogP) is 13.8. The highest BCUT2D eigenvalue weighted by Gasteiger charge is 2.43. The SMILES string of the molecule is Cc1ccc(-c2cc3c4c(c2)-n2c5c(cc(-c6ccccc6C)cc5c5ccc6ccccc6c52)B4n2c4ccc(C(C)(C)C)cc4c4cc(C(C)(C)C)cc-3c42)c(C)c1. The van der Waals surface area contributed by atoms with E-state index in [0.717, 1.165) is 0 Å². The highest BCUT2D eigenvalue weighted by atomic mass is 15.0. The second-order valence-corrected chi connectivity index (χ2v) is 20.0. The van der Waals surface area contributed by atoms with Crippen molar-refractivity contribution in [3.8, 4) is 39.1 Å². The van der Waals surface area contributed by atoms with Crippen molar-refractivity contribution in [2.24, 2.45) is 0 Å². The number of aromatic nitrogens is 2. The maximum Gasteiger partial charge on any atom is 0.333 e. The Balaban J connectivity index is 1.34. The lowest BCUT2D eigenvalue weighted by Crippen LogP contribution is -2.55. The Morgan fingerprint density at radius 2 is 1.17 bits per heavy atom. The molecule has 60 heavy (non-hydrogen) atoms. The molecule has 2 aliphatic rings. The molecule has 4 heterocycles. The molecule has 0 N–H and O–H groups in total. The zero-order valence-electron chi connectivity index (χ0n) is 36.2. The molecule has 0 unspecified atom stereocenters. The Hall–Kier alpha value is -6.32. The van der Waals surface area contributed by atoms with Crippen LogP contribution in [0.3, 0.4) is 0 Å². The minimum absolute atomic E-state index is 0.0206. The second-order valence-electron chi connectivity index (χ2n) is 20.0. The van der Waals surface area contributed by atoms with E-state index in [1.807, 2.05) is 0 Å². The van der Waals surface area contributed by atoms with Gasteiger partial charge in [0.1, 0.15) is 0 Å². The lowest BCUT2D eigenvalue weighted by atomic mass is 9.45. The first-order chi connectivity index (χ1) is 28.8. The molecule has 12 rings (SSSR count). The Kier molecular flexibility index (Phi) is 7.07. The second kappa shape index (κ2) is 11.9. The van der Waals surface area contributed by atoms with Gasteiger partial charge >= 0.3 is 6.85 Å². The van der Waals surface area contributed by atoms with Crippen molar-refractivity contribution in [2.45, 2.75) is 73.1 Å². The van der Waals surface area contributed by atoms with Gasteiger partial charge in [-0.25, -0.2) is 0 Å². The number of fused-ring (bicyclic) bond motifs is 12. The quantitative estimate of drug-likeness (QED) is 0.155. The first-order valence-electron chi connectivity index (χ1n) is 21.7. The molecule has 8 aromatic carbocycles. The van der Waals surface area contributed by atoms with E-state index in [2.05, 4.69) is 205 Å². The maximum atomic E-state index is 2.75. The van der Waals surface area contributed by atoms with Crippen LogP contribution in [0.5, 0.6) is 0 Å². The third-order valence-corrected chi connectivity index (χ3v) is 14.1. The molecule has 0 aliphatic carbocycles. The summed E-state index contributed by atoms with van der Waals surface area (Å²) in [5, 5.41) is 7.86. The molecule has 0 fully saturated rings. The van der Waals surface area contributed by atoms with Crippen molar-refractivity contribution in [3.63, 3.8) is 0 Å². The van der Waals surface area contributed by atoms with Gasteiger partial charge in [-0.3, -0.25) is 0 Å². The van der Waals surface area contributed by atoms with Crippen LogP contribution >= 0.6 is 0 Å². The zero-order chi connectivity index (χ0) is 41.1. The summed E-state index contributed by atoms with van der Waals surface area (Å²) in [5.74, 6) is 0. The van der Waals surface area contributed by atoms with E-state index >= 15 is 0 Å². The molecule has 0 bridgehead atoms. The Morgan fingerprint density at radius 1 is 0.450 bits per heavy atom. The van der Waals surface area contributed by atoms with E-state index < -0.39 is 0 Å². The smallest absolute Gasteiger partial charge is 0.333 e. The van der Waals surface area contributed by atoms with Crippen LogP contribution in [0.15, 0.2) is 133 Å². The fourth-order valence-corrected chi connectivity index (χ4v) is 11.0. The summed E-state index contributed by atoms with van der Waals surface area (Å²) in [6.07, 6.45) is 0. The number of rotatable bonds is 2. The minimum atomic E-state index is -0.0421. The van der Waals surface area contributed by atoms with Crippen LogP contribution in [0.4, 0.5) is 0 Å². The fourth-order valence-electron chi connectivity index (χ4n) is 11.0. The zero-order valence-corrected chi connectivity index (χ0v) is 36.2. The van der Waals surface area contributed by atoms with Crippen LogP contribution in [-0.2, 0) is 10.8 Å². The largest absolute Gasteiger partial charge is 0.375 e. The average Bonchev–Trinajstić information content (AvgIpc) is 3.73. The van der Waals surface area contributed by atoms with E-state index in [9.17, 15) is 0 Å². The predicted molar refractivity (Wildman–Crippen MR) is 260 cm³/mol. The Labute approximate surface area is 353 Å². The van der Waals surface area contributed by atoms with Gasteiger partial charge in [0.2, 0.25) is 0 Å². The fraction of sp³-hybridized carbons (Fsp3) is 0.193. The van der Waals surface area contributed by atoms with Crippen molar-refractivity contribution >= 4 is 72.2 Å². The summed E-state index contributed by atoms with van der Waals surface area (Å²) in [4.78, 5) is 0. The van der Waals surface area contributed by atoms with Gasteiger partial charge in [-0.2, -0.15) is 0 Å². The van der Waals surface area contributed by atoms with Crippen LogP contribution < -0.4 is 10.9 Å². The summed E-state index contributed by atoms with van der Waals surface area (Å²) in [6, 6.07) is 52.1. The third kappa shape index (κ3) is 4.78. The van der Waals surface area contributed by atoms with Gasteiger partial charge in [-0.15, -0.1) is 0 Å². The van der Waals surface area contributed by atoms with E-state index in [-0.39, 0.29) is 17.7 Å². The van der Waals surface area contributed by atoms with Gasteiger partial charge in [0.15, 0.2) is 0 Å². The van der Waals surface area contributed by atoms with Gasteiger partial charge in [0.05, 0.1) is 11.0 Å². The van der Waals surface area contributed by atoms with Crippen LogP contribution in [0, 0.1) is 20.8 Å². The standard InChI is InChI=1S/C57H49BN2/c1-32-18-21-41(34(3)24-32)37-25-45-48-31-39(57(7,8)9)30-47-44-29-38(56(4,5)6)20-23-50(44)60(54(47)48)58-49-27-36(40-16-12-10-14-33(40)2)26-46-43-22-19-35-15-11-13-17-42(35)53(43)59(55(46)49)51(28-37)52(45)58/h10-31H,1-9H3. The van der Waals surface area contributed by atoms with Crippen molar-refractivity contribution in [1.82, 2.24) is 9.05 Å². The first-order valence-corrected chi connectivity index (χ1v) is 21.7. The molecule has 10 aromatic rings. The molecular formula is C57H49BN2. The van der Waals surface area contributed by atoms with Crippen LogP contribution in [0.1, 0.15) is 69.4 Å². The summed E-state index contributed by atoms with van der Waals surface area (Å²) < 4.78 is 5.42. The molecule has 3 heteroatoms. The molecule has 0 saturated carbocycles. The monoisotopic (exact) mass is 772 g/mol. The van der Waals surface area contributed by atoms with Crippen molar-refractivity contribution in [3.05, 3.63) is 161 Å². The lowest BCUT2D eigenvalue weighted by Gasteiger charge is -2.35. The van der Waals surface area contributed by atoms with Crippen molar-refractivity contribution < 1.29 is 0 Å². The lowest BCUT2D eigenvalue weighted by molar-refractivity contribution is 0.590. The molecule has 0 amide bonds. The van der Waals surface area contributed by atoms with E-state index in [0.29, 0.717) is 0 Å². The summed E-state index contributed by atoms with van der Waals surface area (Å²) in [6.45, 7) is 20.8. The Morgan fingerprint density at radius 3 is 1.95 bits per heavy atom. The minimum Gasteiger partial charge on any atom is -0.375 e. The van der Waals surface area contributed by atoms with Crippen molar-refractivity contribution in [1.29, 1.82) is 0 Å². The highest BCUT2D eigenvalue weighted by Crippen LogP contribution is 2.48. The molecule has 0 saturated heterocycles. The van der Waals surface area contributed by atoms with Gasteiger partial charge in [0.25, 0.3) is 0 Å². The Bertz CT molecular complexity index is 3540. The van der Waals surface area contributed by atoms with E-state index in [1.54, 1.807) is 0 Å². The van der Waals surface area contributed by atoms with E-state index in [4.69, 9.17) is 0 Å². The summed E-state index contributed by atoms with van der Waals surface area (Å²) in [5.41, 5.74) is 23.7. The molecule has 0 spiro atoms. The number of aryl methyl sites for hydroxylation is 3. The van der Waals surface area contributed by atoms with Gasteiger partial charge < -0.3 is 9.05 Å². The van der Waals surface area contributed by atoms with Gasteiger partial charge in [-0.05, 0) is 140 Å². The molecule has 2 aromatic heterocycles. The molecule has 290 valence electrons. The molecule has 2 nitrogen and oxygen atoms in total. The molecule has 2 aliphatic heterocycles. The number of hydrogen-bond donors (Lipinski definition) is 0. The maximum absolute atomic E-state index is 2.75. The molecule has 0 atom stereocenters. The van der Waals surface area contributed by atoms with E-state index in [1.165, 1.54) is 132 Å². The van der Waals surface area contributed by atoms with Crippen LogP contribution in [-0.4, -0.2) is 15.9 Å². The normalized spacial score (nSPS) is 13.4. The van der Waals surface area contributed by atoms with Crippen LogP contribution in [0.25, 0.3) is 93.5 Å². The summed E-state index contributed by atoms with van der Waals surface area (Å²) in [7, 11) is 0. The topological polar surface area (TPSA) is 9.86 Å². The highest BCUT2D eigenvalue weighted by molar-refractivity contribution is 6.90. The van der Waals surface area contributed by atoms with Gasteiger partial charge in [0, 0.05) is 49.2 Å². The first kappa shape index (κ1) is 35.6. The van der Waals surface area contributed by atoms with Crippen molar-refractivity contribution in [2.75, 3.05) is 0 Å². The number of benzene rings is 8. The number of hydrogen-bond acceptors (Lipinski definition) is 0. The third-order valence-electron chi connectivity index (χ3n) is 14.1. The summed E-state index contributed by atoms with van der Waals surface area (Å²) >= 11 is 0.